The minimum absolute atomic E-state index is 0.271. The van der Waals surface area contributed by atoms with Crippen molar-refractivity contribution in [2.24, 2.45) is 11.7 Å². The van der Waals surface area contributed by atoms with Crippen LogP contribution in [0.15, 0.2) is 0 Å². The van der Waals surface area contributed by atoms with Crippen LogP contribution in [-0.4, -0.2) is 18.7 Å². The number of hydrazine groups is 2. The zero-order valence-corrected chi connectivity index (χ0v) is 10.9. The van der Waals surface area contributed by atoms with Crippen molar-refractivity contribution in [3.63, 3.8) is 0 Å². The highest BCUT2D eigenvalue weighted by Gasteiger charge is 2.30. The van der Waals surface area contributed by atoms with E-state index in [1.165, 1.54) is 44.9 Å². The molecule has 0 aromatic heterocycles. The van der Waals surface area contributed by atoms with Crippen LogP contribution in [-0.2, 0) is 4.74 Å². The molecule has 2 amide bonds. The number of hydrogen-bond donors (Lipinski definition) is 4. The van der Waals surface area contributed by atoms with Gasteiger partial charge in [-0.05, 0) is 19.3 Å². The number of carbonyl (C=O) groups excluding carboxylic acids is 1. The number of hydrogen-bond acceptors (Lipinski definition) is 4. The van der Waals surface area contributed by atoms with Gasteiger partial charge in [-0.3, -0.25) is 10.9 Å². The summed E-state index contributed by atoms with van der Waals surface area (Å²) in [7, 11) is 1.88. The molecule has 0 heterocycles. The van der Waals surface area contributed by atoms with E-state index in [9.17, 15) is 4.79 Å². The monoisotopic (exact) mass is 246 g/mol. The molecule has 6 heteroatoms. The second-order valence-corrected chi connectivity index (χ2v) is 4.32. The Morgan fingerprint density at radius 1 is 1.24 bits per heavy atom. The summed E-state index contributed by atoms with van der Waals surface area (Å²) in [5, 5.41) is 0. The first-order valence-electron chi connectivity index (χ1n) is 6.16. The molecule has 0 spiro atoms. The van der Waals surface area contributed by atoms with Gasteiger partial charge in [0, 0.05) is 7.11 Å². The lowest BCUT2D eigenvalue weighted by Gasteiger charge is -2.35. The molecule has 1 aliphatic carbocycles. The van der Waals surface area contributed by atoms with Crippen molar-refractivity contribution >= 4 is 6.03 Å². The number of rotatable bonds is 3. The lowest BCUT2D eigenvalue weighted by Crippen LogP contribution is -2.43. The van der Waals surface area contributed by atoms with Crippen molar-refractivity contribution in [2.75, 3.05) is 7.11 Å². The molecule has 1 fully saturated rings. The van der Waals surface area contributed by atoms with Gasteiger partial charge in [-0.1, -0.05) is 32.6 Å². The van der Waals surface area contributed by atoms with Gasteiger partial charge >= 0.3 is 6.03 Å². The van der Waals surface area contributed by atoms with E-state index in [-0.39, 0.29) is 5.60 Å². The number of urea groups is 1. The van der Waals surface area contributed by atoms with Crippen LogP contribution >= 0.6 is 0 Å². The van der Waals surface area contributed by atoms with Crippen LogP contribution in [0.3, 0.4) is 0 Å². The Morgan fingerprint density at radius 3 is 2.06 bits per heavy atom. The minimum Gasteiger partial charge on any atom is -0.378 e. The number of ether oxygens (including phenoxy) is 1. The van der Waals surface area contributed by atoms with Crippen molar-refractivity contribution in [1.82, 2.24) is 10.9 Å². The molecule has 6 N–H and O–H groups in total. The average molecular weight is 246 g/mol. The molecule has 0 unspecified atom stereocenters. The van der Waals surface area contributed by atoms with Crippen molar-refractivity contribution in [3.05, 3.63) is 0 Å². The fraction of sp³-hybridized carbons (Fsp3) is 0.909. The molecule has 1 aliphatic rings. The molecular weight excluding hydrogens is 220 g/mol. The number of nitrogens with one attached hydrogen (secondary N) is 2. The Hall–Kier alpha value is -0.850. The second kappa shape index (κ2) is 9.21. The van der Waals surface area contributed by atoms with Crippen LogP contribution in [0.2, 0.25) is 0 Å². The molecular formula is C11H26N4O2. The topological polar surface area (TPSA) is 102 Å². The van der Waals surface area contributed by atoms with E-state index in [2.05, 4.69) is 18.6 Å². The molecule has 0 saturated heterocycles. The molecule has 17 heavy (non-hydrogen) atoms. The Bertz CT molecular complexity index is 194. The molecule has 0 atom stereocenters. The fourth-order valence-corrected chi connectivity index (χ4v) is 2.25. The molecule has 0 aromatic carbocycles. The normalized spacial score (nSPS) is 17.6. The molecule has 1 rings (SSSR count). The summed E-state index contributed by atoms with van der Waals surface area (Å²) in [6, 6.07) is -0.602. The van der Waals surface area contributed by atoms with Gasteiger partial charge in [0.1, 0.15) is 0 Å². The third-order valence-electron chi connectivity index (χ3n) is 3.17. The SMILES string of the molecule is CCCC1(OC)CCCCC1.NNC(=O)NN. The van der Waals surface area contributed by atoms with Gasteiger partial charge in [-0.25, -0.2) is 16.5 Å². The zero-order chi connectivity index (χ0) is 13.1. The van der Waals surface area contributed by atoms with E-state index in [0.717, 1.165) is 0 Å². The molecule has 0 radical (unpaired) electrons. The van der Waals surface area contributed by atoms with Gasteiger partial charge in [0.05, 0.1) is 5.60 Å². The first-order valence-corrected chi connectivity index (χ1v) is 6.16. The second-order valence-electron chi connectivity index (χ2n) is 4.32. The van der Waals surface area contributed by atoms with Crippen LogP contribution in [0.4, 0.5) is 4.79 Å². The lowest BCUT2D eigenvalue weighted by molar-refractivity contribution is -0.0458. The standard InChI is InChI=1S/C10H20O.CH6N4O/c1-3-7-10(11-2)8-5-4-6-9-10;2-4-1(6)5-3/h3-9H2,1-2H3;2-3H2,(H2,4,5,6). The summed E-state index contributed by atoms with van der Waals surface area (Å²) < 4.78 is 5.62. The Kier molecular flexibility index (Phi) is 8.75. The quantitative estimate of drug-likeness (QED) is 0.341. The summed E-state index contributed by atoms with van der Waals surface area (Å²) in [6.07, 6.45) is 9.24. The first-order chi connectivity index (χ1) is 8.14. The Labute approximate surface area is 103 Å². The number of carbonyl (C=O) groups is 1. The predicted molar refractivity (Wildman–Crippen MR) is 67.8 cm³/mol. The van der Waals surface area contributed by atoms with Gasteiger partial charge < -0.3 is 4.74 Å². The van der Waals surface area contributed by atoms with Crippen LogP contribution in [0.25, 0.3) is 0 Å². The minimum atomic E-state index is -0.602. The average Bonchev–Trinajstić information content (AvgIpc) is 2.40. The van der Waals surface area contributed by atoms with Gasteiger partial charge in [-0.15, -0.1) is 0 Å². The summed E-state index contributed by atoms with van der Waals surface area (Å²) in [5.41, 5.74) is 3.75. The molecule has 0 aliphatic heterocycles. The van der Waals surface area contributed by atoms with Crippen molar-refractivity contribution in [1.29, 1.82) is 0 Å². The van der Waals surface area contributed by atoms with E-state index in [0.29, 0.717) is 0 Å². The first kappa shape index (κ1) is 16.1. The molecule has 0 bridgehead atoms. The fourth-order valence-electron chi connectivity index (χ4n) is 2.25. The van der Waals surface area contributed by atoms with E-state index in [1.807, 2.05) is 7.11 Å². The highest BCUT2D eigenvalue weighted by atomic mass is 16.5. The summed E-state index contributed by atoms with van der Waals surface area (Å²) >= 11 is 0. The largest absolute Gasteiger partial charge is 0.378 e. The molecule has 1 saturated carbocycles. The summed E-state index contributed by atoms with van der Waals surface area (Å²) in [4.78, 5) is 9.71. The lowest BCUT2D eigenvalue weighted by atomic mass is 9.81. The van der Waals surface area contributed by atoms with Crippen molar-refractivity contribution in [3.8, 4) is 0 Å². The third-order valence-corrected chi connectivity index (χ3v) is 3.17. The maximum absolute atomic E-state index is 9.71. The number of nitrogens with two attached hydrogens (primary N) is 2. The zero-order valence-electron chi connectivity index (χ0n) is 10.9. The maximum Gasteiger partial charge on any atom is 0.343 e. The summed E-state index contributed by atoms with van der Waals surface area (Å²) in [5.74, 6) is 9.08. The highest BCUT2D eigenvalue weighted by molar-refractivity contribution is 5.72. The van der Waals surface area contributed by atoms with Gasteiger partial charge in [0.15, 0.2) is 0 Å². The predicted octanol–water partition coefficient (Wildman–Crippen LogP) is 1.17. The van der Waals surface area contributed by atoms with E-state index >= 15 is 0 Å². The molecule has 102 valence electrons. The van der Waals surface area contributed by atoms with Crippen LogP contribution in [0.5, 0.6) is 0 Å². The van der Waals surface area contributed by atoms with Gasteiger partial charge in [-0.2, -0.15) is 0 Å². The van der Waals surface area contributed by atoms with Gasteiger partial charge in [0.25, 0.3) is 0 Å². The summed E-state index contributed by atoms with van der Waals surface area (Å²) in [6.45, 7) is 2.25. The van der Waals surface area contributed by atoms with E-state index in [4.69, 9.17) is 4.74 Å². The van der Waals surface area contributed by atoms with Crippen LogP contribution in [0, 0.1) is 0 Å². The van der Waals surface area contributed by atoms with Crippen LogP contribution < -0.4 is 22.5 Å². The smallest absolute Gasteiger partial charge is 0.343 e. The van der Waals surface area contributed by atoms with Gasteiger partial charge in [0.2, 0.25) is 0 Å². The highest BCUT2D eigenvalue weighted by Crippen LogP contribution is 2.34. The van der Waals surface area contributed by atoms with E-state index < -0.39 is 6.03 Å². The number of methoxy groups -OCH3 is 1. The molecule has 0 aromatic rings. The number of amides is 2. The Balaban J connectivity index is 0.000000366. The third kappa shape index (κ3) is 6.45. The molecule has 6 nitrogen and oxygen atoms in total. The maximum atomic E-state index is 9.71. The van der Waals surface area contributed by atoms with E-state index in [1.54, 1.807) is 10.9 Å². The Morgan fingerprint density at radius 2 is 1.76 bits per heavy atom. The van der Waals surface area contributed by atoms with Crippen molar-refractivity contribution in [2.45, 2.75) is 57.5 Å². The van der Waals surface area contributed by atoms with Crippen molar-refractivity contribution < 1.29 is 9.53 Å². The van der Waals surface area contributed by atoms with Crippen LogP contribution in [0.1, 0.15) is 51.9 Å².